The molecule has 1 atom stereocenters. The molecule has 11 heteroatoms. The van der Waals surface area contributed by atoms with E-state index in [4.69, 9.17) is 14.2 Å². The highest BCUT2D eigenvalue weighted by atomic mass is 19.4. The van der Waals surface area contributed by atoms with Crippen LogP contribution in [0.4, 0.5) is 18.9 Å². The summed E-state index contributed by atoms with van der Waals surface area (Å²) >= 11 is 0. The Morgan fingerprint density at radius 3 is 2.43 bits per heavy atom. The van der Waals surface area contributed by atoms with Crippen LogP contribution >= 0.6 is 0 Å². The average molecular weight is 428 g/mol. The van der Waals surface area contributed by atoms with E-state index < -0.39 is 40.3 Å². The van der Waals surface area contributed by atoms with Gasteiger partial charge in [0.2, 0.25) is 0 Å². The Labute approximate surface area is 169 Å². The van der Waals surface area contributed by atoms with Gasteiger partial charge in [-0.3, -0.25) is 10.1 Å². The first-order valence-corrected chi connectivity index (χ1v) is 8.94. The van der Waals surface area contributed by atoms with Gasteiger partial charge in [-0.05, 0) is 37.6 Å². The second-order valence-electron chi connectivity index (χ2n) is 6.16. The van der Waals surface area contributed by atoms with Gasteiger partial charge in [-0.25, -0.2) is 9.78 Å². The smallest absolute Gasteiger partial charge is 0.418 e. The molecular weight excluding hydrogens is 409 g/mol. The summed E-state index contributed by atoms with van der Waals surface area (Å²) in [6.07, 6.45) is -3.55. The predicted molar refractivity (Wildman–Crippen MR) is 98.4 cm³/mol. The van der Waals surface area contributed by atoms with Crippen molar-refractivity contribution in [1.29, 1.82) is 0 Å². The van der Waals surface area contributed by atoms with Gasteiger partial charge >= 0.3 is 17.8 Å². The summed E-state index contributed by atoms with van der Waals surface area (Å²) in [5.74, 6) is -0.726. The highest BCUT2D eigenvalue weighted by Gasteiger charge is 2.34. The quantitative estimate of drug-likeness (QED) is 0.242. The van der Waals surface area contributed by atoms with Crippen LogP contribution in [-0.4, -0.2) is 28.6 Å². The lowest BCUT2D eigenvalue weighted by molar-refractivity contribution is -0.386. The molecule has 0 aliphatic rings. The molecule has 1 unspecified atom stereocenters. The van der Waals surface area contributed by atoms with Crippen LogP contribution in [0.3, 0.4) is 0 Å². The number of rotatable bonds is 9. The fraction of sp³-hybridized carbons (Fsp3) is 0.368. The number of pyridine rings is 1. The molecule has 0 N–H and O–H groups in total. The van der Waals surface area contributed by atoms with Crippen LogP contribution in [0, 0.1) is 10.1 Å². The standard InChI is InChI=1S/C19H19F3N2O6/c1-3-4-9-28-18(25)12(2)29-14-5-7-15(8-6-14)30-17-16(24(26)27)10-13(11-23-17)19(20,21)22/h5-8,10-12H,3-4,9H2,1-2H3. The molecule has 30 heavy (non-hydrogen) atoms. The van der Waals surface area contributed by atoms with Crippen LogP contribution in [-0.2, 0) is 15.7 Å². The fourth-order valence-corrected chi connectivity index (χ4v) is 2.19. The largest absolute Gasteiger partial charge is 0.479 e. The van der Waals surface area contributed by atoms with Crippen LogP contribution < -0.4 is 9.47 Å². The van der Waals surface area contributed by atoms with Gasteiger partial charge in [-0.2, -0.15) is 13.2 Å². The van der Waals surface area contributed by atoms with Gasteiger partial charge in [0.25, 0.3) is 5.88 Å². The van der Waals surface area contributed by atoms with Crippen molar-refractivity contribution in [3.63, 3.8) is 0 Å². The Kier molecular flexibility index (Phi) is 7.56. The van der Waals surface area contributed by atoms with Crippen molar-refractivity contribution in [2.75, 3.05) is 6.61 Å². The predicted octanol–water partition coefficient (Wildman–Crippen LogP) is 4.91. The lowest BCUT2D eigenvalue weighted by Crippen LogP contribution is -2.26. The van der Waals surface area contributed by atoms with Gasteiger partial charge < -0.3 is 14.2 Å². The molecular formula is C19H19F3N2O6. The maximum absolute atomic E-state index is 12.7. The van der Waals surface area contributed by atoms with Gasteiger partial charge in [0.05, 0.1) is 17.1 Å². The zero-order chi connectivity index (χ0) is 22.3. The summed E-state index contributed by atoms with van der Waals surface area (Å²) in [5, 5.41) is 11.1. The van der Waals surface area contributed by atoms with E-state index in [1.807, 2.05) is 6.92 Å². The minimum absolute atomic E-state index is 0.0795. The zero-order valence-corrected chi connectivity index (χ0v) is 16.1. The Hall–Kier alpha value is -3.37. The minimum Gasteiger partial charge on any atom is -0.479 e. The zero-order valence-electron chi connectivity index (χ0n) is 16.1. The summed E-state index contributed by atoms with van der Waals surface area (Å²) in [4.78, 5) is 25.3. The summed E-state index contributed by atoms with van der Waals surface area (Å²) in [6, 6.07) is 5.95. The summed E-state index contributed by atoms with van der Waals surface area (Å²) in [5.41, 5.74) is -2.18. The third-order valence-corrected chi connectivity index (χ3v) is 3.78. The number of nitro groups is 1. The van der Waals surface area contributed by atoms with Crippen molar-refractivity contribution in [2.24, 2.45) is 0 Å². The lowest BCUT2D eigenvalue weighted by Gasteiger charge is -2.14. The molecule has 2 aromatic rings. The summed E-state index contributed by atoms with van der Waals surface area (Å²) < 4.78 is 53.9. The van der Waals surface area contributed by atoms with E-state index in [1.165, 1.54) is 31.2 Å². The van der Waals surface area contributed by atoms with Crippen molar-refractivity contribution >= 4 is 11.7 Å². The van der Waals surface area contributed by atoms with Gasteiger partial charge in [0.1, 0.15) is 11.5 Å². The number of aromatic nitrogens is 1. The maximum Gasteiger partial charge on any atom is 0.418 e. The molecule has 2 rings (SSSR count). The second-order valence-corrected chi connectivity index (χ2v) is 6.16. The Balaban J connectivity index is 2.07. The number of halogens is 3. The van der Waals surface area contributed by atoms with Gasteiger partial charge in [0.15, 0.2) is 6.10 Å². The number of hydrogen-bond acceptors (Lipinski definition) is 7. The van der Waals surface area contributed by atoms with E-state index in [-0.39, 0.29) is 5.75 Å². The third kappa shape index (κ3) is 6.33. The molecule has 8 nitrogen and oxygen atoms in total. The maximum atomic E-state index is 12.7. The molecule has 0 aliphatic heterocycles. The van der Waals surface area contributed by atoms with Gasteiger partial charge in [-0.1, -0.05) is 13.3 Å². The lowest BCUT2D eigenvalue weighted by atomic mass is 10.2. The molecule has 1 aromatic heterocycles. The second kappa shape index (κ2) is 9.90. The van der Waals surface area contributed by atoms with Crippen molar-refractivity contribution < 1.29 is 37.1 Å². The molecule has 0 saturated carbocycles. The number of ether oxygens (including phenoxy) is 3. The van der Waals surface area contributed by atoms with Crippen LogP contribution in [0.25, 0.3) is 0 Å². The topological polar surface area (TPSA) is 101 Å². The molecule has 1 aromatic carbocycles. The van der Waals surface area contributed by atoms with E-state index in [2.05, 4.69) is 4.98 Å². The Morgan fingerprint density at radius 1 is 1.23 bits per heavy atom. The van der Waals surface area contributed by atoms with Crippen molar-refractivity contribution in [3.8, 4) is 17.4 Å². The number of carbonyl (C=O) groups excluding carboxylic acids is 1. The van der Waals surface area contributed by atoms with E-state index in [0.29, 0.717) is 24.6 Å². The molecule has 162 valence electrons. The molecule has 0 bridgehead atoms. The first-order valence-electron chi connectivity index (χ1n) is 8.94. The normalized spacial score (nSPS) is 12.2. The van der Waals surface area contributed by atoms with E-state index in [0.717, 1.165) is 12.8 Å². The van der Waals surface area contributed by atoms with Crippen LogP contribution in [0.5, 0.6) is 17.4 Å². The molecule has 0 saturated heterocycles. The number of hydrogen-bond donors (Lipinski definition) is 0. The number of unbranched alkanes of at least 4 members (excludes halogenated alkanes) is 1. The third-order valence-electron chi connectivity index (χ3n) is 3.78. The van der Waals surface area contributed by atoms with Crippen LogP contribution in [0.2, 0.25) is 0 Å². The first-order chi connectivity index (χ1) is 14.1. The minimum atomic E-state index is -4.77. The molecule has 0 aliphatic carbocycles. The Bertz CT molecular complexity index is 887. The SMILES string of the molecule is CCCCOC(=O)C(C)Oc1ccc(Oc2ncc(C(F)(F)F)cc2[N+](=O)[O-])cc1. The first kappa shape index (κ1) is 22.9. The molecule has 0 radical (unpaired) electrons. The number of alkyl halides is 3. The highest BCUT2D eigenvalue weighted by Crippen LogP contribution is 2.36. The number of carbonyl (C=O) groups is 1. The Morgan fingerprint density at radius 2 is 1.87 bits per heavy atom. The number of nitrogens with zero attached hydrogens (tertiary/aromatic N) is 2. The molecule has 0 fully saturated rings. The molecule has 1 heterocycles. The molecule has 0 amide bonds. The van der Waals surface area contributed by atoms with Crippen LogP contribution in [0.1, 0.15) is 32.3 Å². The van der Waals surface area contributed by atoms with Crippen molar-refractivity contribution in [2.45, 2.75) is 39.0 Å². The average Bonchev–Trinajstić information content (AvgIpc) is 2.68. The van der Waals surface area contributed by atoms with E-state index in [1.54, 1.807) is 0 Å². The van der Waals surface area contributed by atoms with E-state index in [9.17, 15) is 28.1 Å². The highest BCUT2D eigenvalue weighted by molar-refractivity contribution is 5.74. The monoisotopic (exact) mass is 428 g/mol. The van der Waals surface area contributed by atoms with E-state index >= 15 is 0 Å². The fourth-order valence-electron chi connectivity index (χ4n) is 2.19. The van der Waals surface area contributed by atoms with Crippen LogP contribution in [0.15, 0.2) is 36.5 Å². The summed E-state index contributed by atoms with van der Waals surface area (Å²) in [6.45, 7) is 3.79. The van der Waals surface area contributed by atoms with Crippen molar-refractivity contribution in [3.05, 3.63) is 52.2 Å². The van der Waals surface area contributed by atoms with Crippen molar-refractivity contribution in [1.82, 2.24) is 4.98 Å². The van der Waals surface area contributed by atoms with Gasteiger partial charge in [-0.15, -0.1) is 0 Å². The summed E-state index contributed by atoms with van der Waals surface area (Å²) in [7, 11) is 0. The van der Waals surface area contributed by atoms with Gasteiger partial charge in [0, 0.05) is 12.3 Å². The number of esters is 1. The molecule has 0 spiro atoms. The number of benzene rings is 1.